The van der Waals surface area contributed by atoms with Gasteiger partial charge in [-0.25, -0.2) is 14.5 Å². The van der Waals surface area contributed by atoms with E-state index in [4.69, 9.17) is 9.72 Å². The lowest BCUT2D eigenvalue weighted by Crippen LogP contribution is -2.47. The maximum absolute atomic E-state index is 5.42. The smallest absolute Gasteiger partial charge is 0.224 e. The SMILES string of the molecule is c1nc2ccc(-c3c[nH]c4nc(NC5CCC6(CC5)COC6)ncc34)cn2n1. The van der Waals surface area contributed by atoms with Crippen molar-refractivity contribution in [2.24, 2.45) is 5.41 Å². The van der Waals surface area contributed by atoms with Gasteiger partial charge in [-0.2, -0.15) is 10.1 Å². The lowest BCUT2D eigenvalue weighted by Gasteiger charge is -2.46. The molecule has 2 fully saturated rings. The monoisotopic (exact) mass is 375 g/mol. The first-order valence-corrected chi connectivity index (χ1v) is 9.76. The Kier molecular flexibility index (Phi) is 3.43. The second-order valence-corrected chi connectivity index (χ2v) is 8.05. The minimum absolute atomic E-state index is 0.438. The third-order valence-electron chi connectivity index (χ3n) is 6.21. The van der Waals surface area contributed by atoms with Crippen LogP contribution in [0, 0.1) is 5.41 Å². The molecule has 4 aromatic rings. The van der Waals surface area contributed by atoms with E-state index in [0.29, 0.717) is 17.4 Å². The molecule has 1 saturated heterocycles. The molecule has 5 heterocycles. The third kappa shape index (κ3) is 2.56. The zero-order valence-corrected chi connectivity index (χ0v) is 15.4. The van der Waals surface area contributed by atoms with Crippen LogP contribution in [0.3, 0.4) is 0 Å². The van der Waals surface area contributed by atoms with Crippen molar-refractivity contribution in [3.05, 3.63) is 37.1 Å². The van der Waals surface area contributed by atoms with Crippen LogP contribution in [0.25, 0.3) is 27.8 Å². The van der Waals surface area contributed by atoms with Crippen LogP contribution in [0.15, 0.2) is 37.1 Å². The third-order valence-corrected chi connectivity index (χ3v) is 6.21. The van der Waals surface area contributed by atoms with E-state index in [1.807, 2.05) is 30.7 Å². The molecule has 1 aliphatic heterocycles. The average molecular weight is 375 g/mol. The minimum Gasteiger partial charge on any atom is -0.380 e. The first-order chi connectivity index (χ1) is 13.8. The van der Waals surface area contributed by atoms with Crippen LogP contribution in [-0.4, -0.2) is 48.8 Å². The molecule has 142 valence electrons. The molecule has 0 radical (unpaired) electrons. The molecule has 1 saturated carbocycles. The van der Waals surface area contributed by atoms with Crippen molar-refractivity contribution < 1.29 is 4.74 Å². The number of nitrogens with one attached hydrogen (secondary N) is 2. The highest BCUT2D eigenvalue weighted by molar-refractivity contribution is 5.93. The molecule has 0 unspecified atom stereocenters. The van der Waals surface area contributed by atoms with Crippen LogP contribution < -0.4 is 5.32 Å². The molecule has 0 amide bonds. The predicted molar refractivity (Wildman–Crippen MR) is 105 cm³/mol. The zero-order valence-electron chi connectivity index (χ0n) is 15.4. The highest BCUT2D eigenvalue weighted by Gasteiger charge is 2.41. The standard InChI is InChI=1S/C20H21N7O/c1-2-17-23-12-24-27(17)9-13(1)15-7-21-18-16(15)8-22-19(26-18)25-14-3-5-20(6-4-14)10-28-11-20/h1-2,7-9,12,14H,3-6,10-11H2,(H2,21,22,25,26). The molecule has 2 N–H and O–H groups in total. The summed E-state index contributed by atoms with van der Waals surface area (Å²) in [5, 5.41) is 8.74. The summed E-state index contributed by atoms with van der Waals surface area (Å²) in [7, 11) is 0. The summed E-state index contributed by atoms with van der Waals surface area (Å²) in [6.45, 7) is 1.88. The summed E-state index contributed by atoms with van der Waals surface area (Å²) < 4.78 is 7.19. The quantitative estimate of drug-likeness (QED) is 0.572. The first kappa shape index (κ1) is 16.0. The van der Waals surface area contributed by atoms with E-state index in [-0.39, 0.29) is 0 Å². The summed E-state index contributed by atoms with van der Waals surface area (Å²) in [6, 6.07) is 4.44. The number of pyridine rings is 1. The summed E-state index contributed by atoms with van der Waals surface area (Å²) in [6.07, 6.45) is 12.2. The van der Waals surface area contributed by atoms with Crippen LogP contribution in [0.2, 0.25) is 0 Å². The molecule has 0 bridgehead atoms. The minimum atomic E-state index is 0.438. The molecule has 4 aromatic heterocycles. The number of anilines is 1. The van der Waals surface area contributed by atoms with Crippen molar-refractivity contribution >= 4 is 22.6 Å². The molecule has 8 nitrogen and oxygen atoms in total. The second kappa shape index (κ2) is 6.00. The normalized spacial score (nSPS) is 19.3. The summed E-state index contributed by atoms with van der Waals surface area (Å²) in [4.78, 5) is 16.8. The highest BCUT2D eigenvalue weighted by atomic mass is 16.5. The van der Waals surface area contributed by atoms with Crippen molar-refractivity contribution in [2.75, 3.05) is 18.5 Å². The number of nitrogens with zero attached hydrogens (tertiary/aromatic N) is 5. The van der Waals surface area contributed by atoms with Crippen molar-refractivity contribution in [1.29, 1.82) is 0 Å². The molecule has 8 heteroatoms. The van der Waals surface area contributed by atoms with Gasteiger partial charge in [-0.05, 0) is 37.8 Å². The molecular weight excluding hydrogens is 354 g/mol. The van der Waals surface area contributed by atoms with Gasteiger partial charge in [-0.15, -0.1) is 0 Å². The van der Waals surface area contributed by atoms with E-state index in [9.17, 15) is 0 Å². The second-order valence-electron chi connectivity index (χ2n) is 8.05. The van der Waals surface area contributed by atoms with Gasteiger partial charge in [0.1, 0.15) is 12.0 Å². The van der Waals surface area contributed by atoms with Crippen molar-refractivity contribution in [3.8, 4) is 11.1 Å². The predicted octanol–water partition coefficient (Wildman–Crippen LogP) is 3.04. The average Bonchev–Trinajstić information content (AvgIpc) is 3.33. The van der Waals surface area contributed by atoms with Gasteiger partial charge in [0.15, 0.2) is 5.65 Å². The van der Waals surface area contributed by atoms with E-state index < -0.39 is 0 Å². The Labute approximate surface area is 161 Å². The number of hydrogen-bond donors (Lipinski definition) is 2. The van der Waals surface area contributed by atoms with E-state index in [1.165, 1.54) is 12.8 Å². The highest BCUT2D eigenvalue weighted by Crippen LogP contribution is 2.42. The van der Waals surface area contributed by atoms with Gasteiger partial charge in [0, 0.05) is 46.6 Å². The number of H-pyrrole nitrogens is 1. The molecule has 2 aliphatic rings. The van der Waals surface area contributed by atoms with Gasteiger partial charge >= 0.3 is 0 Å². The number of hydrogen-bond acceptors (Lipinski definition) is 6. The number of rotatable bonds is 3. The van der Waals surface area contributed by atoms with Gasteiger partial charge in [-0.3, -0.25) is 0 Å². The number of fused-ring (bicyclic) bond motifs is 2. The Bertz CT molecular complexity index is 1150. The number of aromatic nitrogens is 6. The zero-order chi connectivity index (χ0) is 18.6. The van der Waals surface area contributed by atoms with Crippen molar-refractivity contribution in [3.63, 3.8) is 0 Å². The summed E-state index contributed by atoms with van der Waals surface area (Å²) in [5.74, 6) is 0.693. The summed E-state index contributed by atoms with van der Waals surface area (Å²) in [5.41, 5.74) is 4.24. The summed E-state index contributed by atoms with van der Waals surface area (Å²) >= 11 is 0. The Morgan fingerprint density at radius 2 is 2.07 bits per heavy atom. The van der Waals surface area contributed by atoms with E-state index in [0.717, 1.165) is 53.9 Å². The van der Waals surface area contributed by atoms with Crippen LogP contribution in [0.1, 0.15) is 25.7 Å². The van der Waals surface area contributed by atoms with E-state index in [2.05, 4.69) is 25.4 Å². The van der Waals surface area contributed by atoms with Gasteiger partial charge in [0.2, 0.25) is 5.95 Å². The fourth-order valence-electron chi connectivity index (χ4n) is 4.43. The van der Waals surface area contributed by atoms with Crippen LogP contribution in [-0.2, 0) is 4.74 Å². The molecule has 0 atom stereocenters. The lowest BCUT2D eigenvalue weighted by molar-refractivity contribution is -0.131. The molecule has 0 aromatic carbocycles. The molecule has 28 heavy (non-hydrogen) atoms. The number of ether oxygens (including phenoxy) is 1. The van der Waals surface area contributed by atoms with Crippen molar-refractivity contribution in [1.82, 2.24) is 29.5 Å². The van der Waals surface area contributed by atoms with E-state index in [1.54, 1.807) is 10.8 Å². The molecule has 1 aliphatic carbocycles. The topological polar surface area (TPSA) is 93.0 Å². The van der Waals surface area contributed by atoms with Crippen molar-refractivity contribution in [2.45, 2.75) is 31.7 Å². The van der Waals surface area contributed by atoms with Crippen LogP contribution >= 0.6 is 0 Å². The molecule has 6 rings (SSSR count). The molecule has 1 spiro atoms. The Morgan fingerprint density at radius 3 is 2.89 bits per heavy atom. The van der Waals surface area contributed by atoms with Crippen LogP contribution in [0.4, 0.5) is 5.95 Å². The first-order valence-electron chi connectivity index (χ1n) is 9.76. The van der Waals surface area contributed by atoms with Gasteiger partial charge in [0.25, 0.3) is 0 Å². The van der Waals surface area contributed by atoms with E-state index >= 15 is 0 Å². The Morgan fingerprint density at radius 1 is 1.18 bits per heavy atom. The van der Waals surface area contributed by atoms with Gasteiger partial charge in [-0.1, -0.05) is 0 Å². The largest absolute Gasteiger partial charge is 0.380 e. The fourth-order valence-corrected chi connectivity index (χ4v) is 4.43. The Hall–Kier alpha value is -3.00. The lowest BCUT2D eigenvalue weighted by atomic mass is 9.71. The van der Waals surface area contributed by atoms with Gasteiger partial charge in [0.05, 0.1) is 13.2 Å². The van der Waals surface area contributed by atoms with Crippen LogP contribution in [0.5, 0.6) is 0 Å². The van der Waals surface area contributed by atoms with Gasteiger partial charge < -0.3 is 15.0 Å². The fraction of sp³-hybridized carbons (Fsp3) is 0.400. The maximum Gasteiger partial charge on any atom is 0.224 e. The maximum atomic E-state index is 5.42. The number of aromatic amines is 1. The Balaban J connectivity index is 1.24. The molecular formula is C20H21N7O.